The summed E-state index contributed by atoms with van der Waals surface area (Å²) in [5.74, 6) is 0.868. The van der Waals surface area contributed by atoms with Gasteiger partial charge in [-0.2, -0.15) is 0 Å². The molecule has 0 amide bonds. The lowest BCUT2D eigenvalue weighted by Gasteiger charge is -2.24. The van der Waals surface area contributed by atoms with Crippen molar-refractivity contribution in [2.24, 2.45) is 0 Å². The first-order valence-corrected chi connectivity index (χ1v) is 8.13. The largest absolute Gasteiger partial charge is 0.495 e. The van der Waals surface area contributed by atoms with E-state index in [9.17, 15) is 4.79 Å². The van der Waals surface area contributed by atoms with Crippen LogP contribution >= 0.6 is 36.8 Å². The Labute approximate surface area is 134 Å². The van der Waals surface area contributed by atoms with Crippen LogP contribution in [0.5, 0.6) is 11.5 Å². The van der Waals surface area contributed by atoms with Crippen molar-refractivity contribution in [1.82, 2.24) is 0 Å². The number of hydrogen-bond acceptors (Lipinski definition) is 3. The molecule has 0 bridgehead atoms. The van der Waals surface area contributed by atoms with E-state index in [-0.39, 0.29) is 5.78 Å². The fourth-order valence-electron chi connectivity index (χ4n) is 2.67. The lowest BCUT2D eigenvalue weighted by atomic mass is 9.93. The van der Waals surface area contributed by atoms with Gasteiger partial charge in [-0.05, 0) is 34.8 Å². The van der Waals surface area contributed by atoms with Gasteiger partial charge in [0.25, 0.3) is 0 Å². The maximum Gasteiger partial charge on any atom is 0.180 e. The number of carbonyl (C=O) groups excluding carboxylic acids is 1. The van der Waals surface area contributed by atoms with E-state index < -0.39 is 5.16 Å². The van der Waals surface area contributed by atoms with E-state index >= 15 is 0 Å². The predicted octanol–water partition coefficient (Wildman–Crippen LogP) is 4.49. The minimum absolute atomic E-state index is 0.0110. The lowest BCUT2D eigenvalue weighted by Crippen LogP contribution is -2.29. The number of rotatable bonds is 4. The molecule has 1 aromatic carbocycles. The summed E-state index contributed by atoms with van der Waals surface area (Å²) < 4.78 is 11.4. The van der Waals surface area contributed by atoms with E-state index in [1.54, 1.807) is 6.07 Å². The van der Waals surface area contributed by atoms with Gasteiger partial charge >= 0.3 is 0 Å². The molecule has 0 heterocycles. The van der Waals surface area contributed by atoms with Gasteiger partial charge in [-0.3, -0.25) is 4.79 Å². The zero-order valence-corrected chi connectivity index (χ0v) is 15.0. The molecule has 1 aromatic rings. The standard InChI is InChI=1S/C14H17BrClO3P/c1-18-11-8(15)7-9(16)12(19-2)10(11)13(17)14(20)5-3-4-6-14/h7H,3-6,20H2,1-2H3. The molecule has 1 saturated carbocycles. The highest BCUT2D eigenvalue weighted by Gasteiger charge is 2.40. The van der Waals surface area contributed by atoms with Gasteiger partial charge in [-0.1, -0.05) is 24.4 Å². The lowest BCUT2D eigenvalue weighted by molar-refractivity contribution is 0.0938. The number of Topliss-reactive ketones (excluding diaryl/α,β-unsaturated/α-hetero) is 1. The number of methoxy groups -OCH3 is 2. The molecule has 0 N–H and O–H groups in total. The van der Waals surface area contributed by atoms with E-state index in [4.69, 9.17) is 21.1 Å². The normalized spacial score (nSPS) is 17.1. The Hall–Kier alpha value is -0.310. The molecular weight excluding hydrogens is 362 g/mol. The average molecular weight is 380 g/mol. The van der Waals surface area contributed by atoms with Gasteiger partial charge in [0.05, 0.1) is 23.7 Å². The van der Waals surface area contributed by atoms with Crippen molar-refractivity contribution in [3.63, 3.8) is 0 Å². The minimum Gasteiger partial charge on any atom is -0.495 e. The second-order valence-corrected chi connectivity index (χ2v) is 7.34. The van der Waals surface area contributed by atoms with E-state index in [2.05, 4.69) is 25.2 Å². The first-order valence-electron chi connectivity index (χ1n) is 6.38. The molecular formula is C14H17BrClO3P. The van der Waals surface area contributed by atoms with E-state index in [1.807, 2.05) is 0 Å². The van der Waals surface area contributed by atoms with Crippen molar-refractivity contribution in [2.45, 2.75) is 30.8 Å². The molecule has 110 valence electrons. The van der Waals surface area contributed by atoms with Gasteiger partial charge in [-0.25, -0.2) is 0 Å². The van der Waals surface area contributed by atoms with Crippen LogP contribution < -0.4 is 9.47 Å². The molecule has 1 aliphatic rings. The molecule has 0 aliphatic heterocycles. The Bertz CT molecular complexity index is 513. The SMILES string of the molecule is COc1c(Cl)cc(Br)c(OC)c1C(=O)C1(P)CCCC1. The smallest absolute Gasteiger partial charge is 0.180 e. The minimum atomic E-state index is -0.440. The molecule has 2 rings (SSSR count). The first-order chi connectivity index (χ1) is 9.44. The summed E-state index contributed by atoms with van der Waals surface area (Å²) in [5, 5.41) is -0.0415. The Morgan fingerprint density at radius 1 is 1.30 bits per heavy atom. The van der Waals surface area contributed by atoms with Crippen LogP contribution in [0.2, 0.25) is 5.02 Å². The molecule has 0 radical (unpaired) electrons. The number of carbonyl (C=O) groups is 1. The summed E-state index contributed by atoms with van der Waals surface area (Å²) in [5.41, 5.74) is 0.422. The molecule has 1 aliphatic carbocycles. The molecule has 0 saturated heterocycles. The van der Waals surface area contributed by atoms with Crippen LogP contribution in [0.25, 0.3) is 0 Å². The predicted molar refractivity (Wildman–Crippen MR) is 87.5 cm³/mol. The summed E-state index contributed by atoms with van der Waals surface area (Å²) in [4.78, 5) is 13.0. The van der Waals surface area contributed by atoms with Crippen molar-refractivity contribution in [3.05, 3.63) is 21.1 Å². The molecule has 20 heavy (non-hydrogen) atoms. The van der Waals surface area contributed by atoms with Gasteiger partial charge in [-0.15, -0.1) is 9.24 Å². The Balaban J connectivity index is 2.62. The fourth-order valence-corrected chi connectivity index (χ4v) is 4.23. The zero-order valence-electron chi connectivity index (χ0n) is 11.5. The van der Waals surface area contributed by atoms with Crippen LogP contribution in [0.1, 0.15) is 36.0 Å². The highest BCUT2D eigenvalue weighted by Crippen LogP contribution is 2.47. The number of hydrogen-bond donors (Lipinski definition) is 0. The monoisotopic (exact) mass is 378 g/mol. The van der Waals surface area contributed by atoms with E-state index in [1.165, 1.54) is 14.2 Å². The average Bonchev–Trinajstić information content (AvgIpc) is 2.85. The Morgan fingerprint density at radius 2 is 1.85 bits per heavy atom. The highest BCUT2D eigenvalue weighted by molar-refractivity contribution is 9.10. The van der Waals surface area contributed by atoms with Crippen molar-refractivity contribution in [1.29, 1.82) is 0 Å². The molecule has 1 unspecified atom stereocenters. The zero-order chi connectivity index (χ0) is 14.9. The quantitative estimate of drug-likeness (QED) is 0.571. The number of benzene rings is 1. The topological polar surface area (TPSA) is 35.5 Å². The third-order valence-electron chi connectivity index (χ3n) is 3.72. The van der Waals surface area contributed by atoms with Gasteiger partial charge in [0, 0.05) is 5.16 Å². The third-order valence-corrected chi connectivity index (χ3v) is 5.43. The van der Waals surface area contributed by atoms with Gasteiger partial charge in [0.15, 0.2) is 11.5 Å². The summed E-state index contributed by atoms with van der Waals surface area (Å²) >= 11 is 9.58. The van der Waals surface area contributed by atoms with Gasteiger partial charge < -0.3 is 9.47 Å². The van der Waals surface area contributed by atoms with Crippen molar-refractivity contribution < 1.29 is 14.3 Å². The van der Waals surface area contributed by atoms with Crippen molar-refractivity contribution in [2.75, 3.05) is 14.2 Å². The van der Waals surface area contributed by atoms with Crippen LogP contribution in [-0.2, 0) is 0 Å². The van der Waals surface area contributed by atoms with Crippen molar-refractivity contribution in [3.8, 4) is 11.5 Å². The van der Waals surface area contributed by atoms with Crippen LogP contribution in [-0.4, -0.2) is 25.2 Å². The second-order valence-electron chi connectivity index (χ2n) is 4.97. The molecule has 0 aromatic heterocycles. The second kappa shape index (κ2) is 6.21. The maximum atomic E-state index is 13.0. The highest BCUT2D eigenvalue weighted by atomic mass is 79.9. The Morgan fingerprint density at radius 3 is 2.35 bits per heavy atom. The van der Waals surface area contributed by atoms with Crippen LogP contribution in [0.15, 0.2) is 10.5 Å². The molecule has 6 heteroatoms. The van der Waals surface area contributed by atoms with Crippen LogP contribution in [0, 0.1) is 0 Å². The molecule has 3 nitrogen and oxygen atoms in total. The third kappa shape index (κ3) is 2.70. The van der Waals surface area contributed by atoms with Crippen molar-refractivity contribution >= 4 is 42.6 Å². The van der Waals surface area contributed by atoms with Crippen LogP contribution in [0.4, 0.5) is 0 Å². The fraction of sp³-hybridized carbons (Fsp3) is 0.500. The first kappa shape index (κ1) is 16.1. The molecule has 1 fully saturated rings. The maximum absolute atomic E-state index is 13.0. The number of ketones is 1. The van der Waals surface area contributed by atoms with Gasteiger partial charge in [0.2, 0.25) is 0 Å². The van der Waals surface area contributed by atoms with E-state index in [0.717, 1.165) is 25.7 Å². The summed E-state index contributed by atoms with van der Waals surface area (Å²) in [6, 6.07) is 1.68. The molecule has 1 atom stereocenters. The summed E-state index contributed by atoms with van der Waals surface area (Å²) in [6.07, 6.45) is 3.82. The number of ether oxygens (including phenoxy) is 2. The number of halogens is 2. The van der Waals surface area contributed by atoms with Gasteiger partial charge in [0.1, 0.15) is 11.3 Å². The van der Waals surface area contributed by atoms with E-state index in [0.29, 0.717) is 26.6 Å². The summed E-state index contributed by atoms with van der Waals surface area (Å²) in [7, 11) is 5.76. The van der Waals surface area contributed by atoms with Crippen LogP contribution in [0.3, 0.4) is 0 Å². The summed E-state index contributed by atoms with van der Waals surface area (Å²) in [6.45, 7) is 0. The molecule has 0 spiro atoms. The Kier molecular flexibility index (Phi) is 4.99.